The Kier molecular flexibility index (Phi) is 7.75. The first kappa shape index (κ1) is 33.0. The van der Waals surface area contributed by atoms with Crippen LogP contribution in [0.2, 0.25) is 0 Å². The van der Waals surface area contributed by atoms with Crippen molar-refractivity contribution >= 4 is 39.0 Å². The van der Waals surface area contributed by atoms with Crippen LogP contribution < -0.4 is 4.90 Å². The largest absolute Gasteiger partial charge is 0.456 e. The summed E-state index contributed by atoms with van der Waals surface area (Å²) in [6, 6.07) is 81.0. The Hall–Kier alpha value is -7.42. The average molecular weight is 728 g/mol. The summed E-state index contributed by atoms with van der Waals surface area (Å²) in [7, 11) is 0. The molecule has 0 saturated carbocycles. The highest BCUT2D eigenvalue weighted by Gasteiger charge is 2.45. The van der Waals surface area contributed by atoms with Crippen molar-refractivity contribution in [3.05, 3.63) is 247 Å². The molecule has 57 heavy (non-hydrogen) atoms. The number of rotatable bonds is 7. The van der Waals surface area contributed by atoms with E-state index in [-0.39, 0.29) is 0 Å². The first-order valence-electron chi connectivity index (χ1n) is 19.6. The lowest BCUT2D eigenvalue weighted by atomic mass is 9.67. The van der Waals surface area contributed by atoms with Crippen LogP contribution >= 0.6 is 0 Å². The Bertz CT molecular complexity index is 3010. The third-order valence-electron chi connectivity index (χ3n) is 11.8. The van der Waals surface area contributed by atoms with Gasteiger partial charge in [0.15, 0.2) is 0 Å². The molecule has 1 aliphatic carbocycles. The highest BCUT2D eigenvalue weighted by atomic mass is 16.3. The van der Waals surface area contributed by atoms with E-state index in [2.05, 4.69) is 223 Å². The SMILES string of the molecule is c1ccc(-c2ccc3c(c2)oc2cc(N(c4ccccc4)c4ccc(-c5cccc(C6(c7ccccc7)c7ccccc7-c7ccccc76)c5)cc4)ccc23)cc1. The Morgan fingerprint density at radius 1 is 0.316 bits per heavy atom. The number of para-hydroxylation sites is 1. The van der Waals surface area contributed by atoms with Crippen LogP contribution in [0.25, 0.3) is 55.3 Å². The Labute approximate surface area is 332 Å². The predicted molar refractivity (Wildman–Crippen MR) is 237 cm³/mol. The number of anilines is 3. The molecule has 2 heteroatoms. The highest BCUT2D eigenvalue weighted by Crippen LogP contribution is 2.56. The van der Waals surface area contributed by atoms with Crippen molar-refractivity contribution in [1.29, 1.82) is 0 Å². The van der Waals surface area contributed by atoms with Crippen LogP contribution in [0.5, 0.6) is 0 Å². The topological polar surface area (TPSA) is 16.4 Å². The maximum absolute atomic E-state index is 6.56. The molecule has 1 heterocycles. The molecule has 1 aliphatic rings. The summed E-state index contributed by atoms with van der Waals surface area (Å²) < 4.78 is 6.56. The van der Waals surface area contributed by atoms with Crippen molar-refractivity contribution in [2.75, 3.05) is 4.90 Å². The summed E-state index contributed by atoms with van der Waals surface area (Å²) in [5.41, 5.74) is 16.9. The molecule has 0 radical (unpaired) electrons. The van der Waals surface area contributed by atoms with E-state index in [1.54, 1.807) is 0 Å². The summed E-state index contributed by atoms with van der Waals surface area (Å²) >= 11 is 0. The standard InChI is InChI=1S/C55H37NO/c1-4-15-38(16-5-1)41-29-33-49-50-34-32-46(37-54(50)57-53(49)36-41)56(44-21-8-3-9-22-44)45-30-27-39(28-31-45)40-17-14-20-43(35-40)55(42-18-6-2-7-19-42)51-25-12-10-23-47(51)48-24-11-13-26-52(48)55/h1-37H. The Balaban J connectivity index is 0.996. The van der Waals surface area contributed by atoms with Crippen LogP contribution in [0.3, 0.4) is 0 Å². The first-order valence-corrected chi connectivity index (χ1v) is 19.6. The number of benzene rings is 9. The van der Waals surface area contributed by atoms with E-state index in [9.17, 15) is 0 Å². The average Bonchev–Trinajstić information content (AvgIpc) is 3.81. The number of fused-ring (bicyclic) bond motifs is 6. The lowest BCUT2D eigenvalue weighted by Crippen LogP contribution is -2.28. The van der Waals surface area contributed by atoms with E-state index in [0.717, 1.165) is 44.6 Å². The molecule has 10 aromatic rings. The van der Waals surface area contributed by atoms with Crippen LogP contribution in [0.1, 0.15) is 22.3 Å². The van der Waals surface area contributed by atoms with E-state index < -0.39 is 5.41 Å². The highest BCUT2D eigenvalue weighted by molar-refractivity contribution is 6.07. The van der Waals surface area contributed by atoms with E-state index >= 15 is 0 Å². The van der Waals surface area contributed by atoms with Gasteiger partial charge < -0.3 is 9.32 Å². The zero-order valence-electron chi connectivity index (χ0n) is 31.2. The normalized spacial score (nSPS) is 12.7. The monoisotopic (exact) mass is 727 g/mol. The van der Waals surface area contributed by atoms with Crippen LogP contribution in [-0.2, 0) is 5.41 Å². The van der Waals surface area contributed by atoms with Gasteiger partial charge >= 0.3 is 0 Å². The molecule has 0 N–H and O–H groups in total. The minimum absolute atomic E-state index is 0.438. The summed E-state index contributed by atoms with van der Waals surface area (Å²) in [5, 5.41) is 2.23. The molecule has 9 aromatic carbocycles. The van der Waals surface area contributed by atoms with Gasteiger partial charge in [0.25, 0.3) is 0 Å². The lowest BCUT2D eigenvalue weighted by molar-refractivity contribution is 0.669. The maximum atomic E-state index is 6.56. The van der Waals surface area contributed by atoms with Crippen molar-refractivity contribution in [2.45, 2.75) is 5.41 Å². The number of hydrogen-bond acceptors (Lipinski definition) is 2. The number of hydrogen-bond donors (Lipinski definition) is 0. The molecule has 2 nitrogen and oxygen atoms in total. The lowest BCUT2D eigenvalue weighted by Gasteiger charge is -2.34. The number of furan rings is 1. The van der Waals surface area contributed by atoms with Crippen molar-refractivity contribution in [1.82, 2.24) is 0 Å². The summed E-state index contributed by atoms with van der Waals surface area (Å²) in [5.74, 6) is 0. The Morgan fingerprint density at radius 3 is 1.49 bits per heavy atom. The summed E-state index contributed by atoms with van der Waals surface area (Å²) in [4.78, 5) is 2.30. The van der Waals surface area contributed by atoms with Gasteiger partial charge in [-0.15, -0.1) is 0 Å². The summed E-state index contributed by atoms with van der Waals surface area (Å²) in [6.07, 6.45) is 0. The van der Waals surface area contributed by atoms with Crippen molar-refractivity contribution < 1.29 is 4.42 Å². The predicted octanol–water partition coefficient (Wildman–Crippen LogP) is 14.8. The molecule has 0 saturated heterocycles. The van der Waals surface area contributed by atoms with Crippen LogP contribution in [0.4, 0.5) is 17.1 Å². The summed E-state index contributed by atoms with van der Waals surface area (Å²) in [6.45, 7) is 0. The second-order valence-corrected chi connectivity index (χ2v) is 14.9. The van der Waals surface area contributed by atoms with Gasteiger partial charge in [0, 0.05) is 33.9 Å². The second-order valence-electron chi connectivity index (χ2n) is 14.9. The van der Waals surface area contributed by atoms with Crippen LogP contribution in [-0.4, -0.2) is 0 Å². The van der Waals surface area contributed by atoms with E-state index in [1.165, 1.54) is 50.1 Å². The van der Waals surface area contributed by atoms with Gasteiger partial charge in [-0.1, -0.05) is 164 Å². The van der Waals surface area contributed by atoms with Crippen molar-refractivity contribution in [3.63, 3.8) is 0 Å². The molecule has 0 fully saturated rings. The second kappa shape index (κ2) is 13.4. The fourth-order valence-electron chi connectivity index (χ4n) is 9.19. The maximum Gasteiger partial charge on any atom is 0.137 e. The minimum Gasteiger partial charge on any atom is -0.456 e. The van der Waals surface area contributed by atoms with Crippen LogP contribution in [0.15, 0.2) is 229 Å². The molecule has 0 unspecified atom stereocenters. The quantitative estimate of drug-likeness (QED) is 0.163. The molecular weight excluding hydrogens is 691 g/mol. The molecule has 11 rings (SSSR count). The molecule has 0 atom stereocenters. The zero-order chi connectivity index (χ0) is 37.8. The van der Waals surface area contributed by atoms with Crippen LogP contribution in [0, 0.1) is 0 Å². The van der Waals surface area contributed by atoms with Gasteiger partial charge in [0.2, 0.25) is 0 Å². The van der Waals surface area contributed by atoms with Gasteiger partial charge in [0.1, 0.15) is 11.2 Å². The van der Waals surface area contributed by atoms with Crippen molar-refractivity contribution in [2.24, 2.45) is 0 Å². The van der Waals surface area contributed by atoms with Crippen molar-refractivity contribution in [3.8, 4) is 33.4 Å². The number of nitrogens with zero attached hydrogens (tertiary/aromatic N) is 1. The van der Waals surface area contributed by atoms with Gasteiger partial charge in [0.05, 0.1) is 5.41 Å². The molecular formula is C55H37NO. The van der Waals surface area contributed by atoms with Gasteiger partial charge in [-0.3, -0.25) is 0 Å². The zero-order valence-corrected chi connectivity index (χ0v) is 31.2. The van der Waals surface area contributed by atoms with E-state index in [0.29, 0.717) is 0 Å². The Morgan fingerprint density at radius 2 is 0.789 bits per heavy atom. The molecule has 268 valence electrons. The van der Waals surface area contributed by atoms with E-state index in [4.69, 9.17) is 4.42 Å². The third kappa shape index (κ3) is 5.33. The van der Waals surface area contributed by atoms with Gasteiger partial charge in [-0.2, -0.15) is 0 Å². The van der Waals surface area contributed by atoms with Gasteiger partial charge in [-0.05, 0) is 110 Å². The smallest absolute Gasteiger partial charge is 0.137 e. The molecule has 0 spiro atoms. The van der Waals surface area contributed by atoms with Gasteiger partial charge in [-0.25, -0.2) is 0 Å². The van der Waals surface area contributed by atoms with E-state index in [1.807, 2.05) is 6.07 Å². The third-order valence-corrected chi connectivity index (χ3v) is 11.8. The molecule has 0 aliphatic heterocycles. The fraction of sp³-hybridized carbons (Fsp3) is 0.0182. The fourth-order valence-corrected chi connectivity index (χ4v) is 9.19. The molecule has 0 bridgehead atoms. The minimum atomic E-state index is -0.438. The molecule has 1 aromatic heterocycles. The molecule has 0 amide bonds. The first-order chi connectivity index (χ1) is 28.3.